The predicted molar refractivity (Wildman–Crippen MR) is 131 cm³/mol. The molecule has 1 fully saturated rings. The van der Waals surface area contributed by atoms with Gasteiger partial charge >= 0.3 is 0 Å². The summed E-state index contributed by atoms with van der Waals surface area (Å²) in [4.78, 5) is 6.84. The number of hydrogen-bond donors (Lipinski definition) is 1. The van der Waals surface area contributed by atoms with Gasteiger partial charge in [0.15, 0.2) is 0 Å². The van der Waals surface area contributed by atoms with Crippen LogP contribution < -0.4 is 10.2 Å². The molecule has 2 aromatic carbocycles. The minimum Gasteiger partial charge on any atom is -0.369 e. The van der Waals surface area contributed by atoms with Gasteiger partial charge in [-0.15, -0.1) is 0 Å². The summed E-state index contributed by atoms with van der Waals surface area (Å²) in [6.07, 6.45) is 4.28. The first kappa shape index (κ1) is 22.8. The first-order valence-corrected chi connectivity index (χ1v) is 11.8. The van der Waals surface area contributed by atoms with Crippen LogP contribution >= 0.6 is 11.6 Å². The number of aromatic nitrogens is 1. The van der Waals surface area contributed by atoms with Crippen LogP contribution in [-0.2, 0) is 24.4 Å². The van der Waals surface area contributed by atoms with Gasteiger partial charge in [-0.2, -0.15) is 0 Å². The van der Waals surface area contributed by atoms with Crippen LogP contribution in [0.5, 0.6) is 0 Å². The number of aryl methyl sites for hydroxylation is 4. The lowest BCUT2D eigenvalue weighted by Crippen LogP contribution is -2.44. The highest BCUT2D eigenvalue weighted by Gasteiger charge is 2.30. The zero-order chi connectivity index (χ0) is 22.4. The molecule has 0 bridgehead atoms. The highest BCUT2D eigenvalue weighted by Crippen LogP contribution is 2.38. The Labute approximate surface area is 195 Å². The standard InChI is InChI=1S/C27H31ClFN3/c1-21-6-2-3-7-22(21)13-14-27(28,29)24-10-12-26(32-18-16-30-17-19-32)23(20-24)9-11-25-8-4-5-15-31-25/h2-8,10,12,15,20,30H,9,11,13-14,16-19H2,1H3. The third-order valence-electron chi connectivity index (χ3n) is 6.31. The molecular weight excluding hydrogens is 421 g/mol. The second-order valence-electron chi connectivity index (χ2n) is 8.53. The summed E-state index contributed by atoms with van der Waals surface area (Å²) >= 11 is 6.49. The van der Waals surface area contributed by atoms with Gasteiger partial charge in [-0.1, -0.05) is 48.0 Å². The SMILES string of the molecule is Cc1ccccc1CCC(F)(Cl)c1ccc(N2CCNCC2)c(CCc2ccccn2)c1. The van der Waals surface area contributed by atoms with Gasteiger partial charge in [-0.25, -0.2) is 4.39 Å². The number of hydrogen-bond acceptors (Lipinski definition) is 3. The van der Waals surface area contributed by atoms with Crippen molar-refractivity contribution in [2.75, 3.05) is 31.1 Å². The van der Waals surface area contributed by atoms with E-state index in [2.05, 4.69) is 34.3 Å². The number of alkyl halides is 2. The molecule has 1 atom stereocenters. The molecule has 1 N–H and O–H groups in total. The summed E-state index contributed by atoms with van der Waals surface area (Å²) in [5.74, 6) is 0. The van der Waals surface area contributed by atoms with Gasteiger partial charge in [0.05, 0.1) is 0 Å². The molecule has 4 rings (SSSR count). The lowest BCUT2D eigenvalue weighted by atomic mass is 9.95. The van der Waals surface area contributed by atoms with Crippen molar-refractivity contribution < 1.29 is 4.39 Å². The maximum atomic E-state index is 15.7. The molecule has 0 saturated carbocycles. The van der Waals surface area contributed by atoms with E-state index in [1.807, 2.05) is 54.7 Å². The van der Waals surface area contributed by atoms with E-state index in [0.717, 1.165) is 55.8 Å². The van der Waals surface area contributed by atoms with Gasteiger partial charge in [0.1, 0.15) is 0 Å². The zero-order valence-electron chi connectivity index (χ0n) is 18.7. The first-order chi connectivity index (χ1) is 15.5. The number of rotatable bonds is 8. The largest absolute Gasteiger partial charge is 0.369 e. The van der Waals surface area contributed by atoms with Gasteiger partial charge in [0.2, 0.25) is 5.13 Å². The van der Waals surface area contributed by atoms with Gasteiger partial charge in [0.25, 0.3) is 0 Å². The van der Waals surface area contributed by atoms with Gasteiger partial charge < -0.3 is 10.2 Å². The minimum atomic E-state index is -1.90. The first-order valence-electron chi connectivity index (χ1n) is 11.4. The third-order valence-corrected chi connectivity index (χ3v) is 6.71. The normalized spacial score (nSPS) is 16.0. The highest BCUT2D eigenvalue weighted by molar-refractivity contribution is 6.22. The summed E-state index contributed by atoms with van der Waals surface area (Å²) in [6.45, 7) is 5.87. The molecular formula is C27H31ClFN3. The monoisotopic (exact) mass is 451 g/mol. The summed E-state index contributed by atoms with van der Waals surface area (Å²) < 4.78 is 15.7. The lowest BCUT2D eigenvalue weighted by molar-refractivity contribution is 0.265. The van der Waals surface area contributed by atoms with Crippen LogP contribution in [0.2, 0.25) is 0 Å². The number of piperazine rings is 1. The van der Waals surface area contributed by atoms with Crippen molar-refractivity contribution in [2.45, 2.75) is 37.7 Å². The average molecular weight is 452 g/mol. The van der Waals surface area contributed by atoms with Gasteiger partial charge in [-0.3, -0.25) is 4.98 Å². The van der Waals surface area contributed by atoms with E-state index in [1.165, 1.54) is 11.3 Å². The number of nitrogens with zero attached hydrogens (tertiary/aromatic N) is 2. The van der Waals surface area contributed by atoms with Crippen molar-refractivity contribution in [1.29, 1.82) is 0 Å². The van der Waals surface area contributed by atoms with E-state index in [-0.39, 0.29) is 6.42 Å². The smallest absolute Gasteiger partial charge is 0.209 e. The maximum Gasteiger partial charge on any atom is 0.209 e. The lowest BCUT2D eigenvalue weighted by Gasteiger charge is -2.32. The fraction of sp³-hybridized carbons (Fsp3) is 0.370. The molecule has 5 heteroatoms. The van der Waals surface area contributed by atoms with E-state index in [9.17, 15) is 0 Å². The fourth-order valence-corrected chi connectivity index (χ4v) is 4.57. The Morgan fingerprint density at radius 2 is 1.75 bits per heavy atom. The topological polar surface area (TPSA) is 28.2 Å². The van der Waals surface area contributed by atoms with Crippen molar-refractivity contribution in [3.8, 4) is 0 Å². The number of pyridine rings is 1. The summed E-state index contributed by atoms with van der Waals surface area (Å²) in [5, 5.41) is 1.50. The summed E-state index contributed by atoms with van der Waals surface area (Å²) in [6, 6.07) is 20.0. The fourth-order valence-electron chi connectivity index (χ4n) is 4.36. The molecule has 3 aromatic rings. The summed E-state index contributed by atoms with van der Waals surface area (Å²) in [5.41, 5.74) is 6.21. The predicted octanol–water partition coefficient (Wildman–Crippen LogP) is 5.58. The molecule has 0 spiro atoms. The Hall–Kier alpha value is -2.43. The molecule has 168 valence electrons. The molecule has 3 nitrogen and oxygen atoms in total. The molecule has 1 aliphatic heterocycles. The molecule has 1 saturated heterocycles. The van der Waals surface area contributed by atoms with Crippen LogP contribution in [0, 0.1) is 6.92 Å². The van der Waals surface area contributed by atoms with E-state index in [1.54, 1.807) is 0 Å². The van der Waals surface area contributed by atoms with Crippen molar-refractivity contribution in [3.63, 3.8) is 0 Å². The highest BCUT2D eigenvalue weighted by atomic mass is 35.5. The molecule has 1 aromatic heterocycles. The van der Waals surface area contributed by atoms with Crippen molar-refractivity contribution >= 4 is 17.3 Å². The van der Waals surface area contributed by atoms with E-state index < -0.39 is 5.13 Å². The van der Waals surface area contributed by atoms with Crippen LogP contribution in [0.4, 0.5) is 10.1 Å². The van der Waals surface area contributed by atoms with Crippen LogP contribution in [0.1, 0.15) is 34.4 Å². The Morgan fingerprint density at radius 3 is 2.50 bits per heavy atom. The second kappa shape index (κ2) is 10.5. The van der Waals surface area contributed by atoms with Crippen molar-refractivity contribution in [1.82, 2.24) is 10.3 Å². The molecule has 0 radical (unpaired) electrons. The van der Waals surface area contributed by atoms with Crippen LogP contribution in [0.3, 0.4) is 0 Å². The Kier molecular flexibility index (Phi) is 7.44. The quantitative estimate of drug-likeness (QED) is 0.453. The van der Waals surface area contributed by atoms with Gasteiger partial charge in [0, 0.05) is 55.7 Å². The Balaban J connectivity index is 1.56. The van der Waals surface area contributed by atoms with Crippen molar-refractivity contribution in [2.24, 2.45) is 0 Å². The van der Waals surface area contributed by atoms with Gasteiger partial charge in [-0.05, 0) is 67.1 Å². The average Bonchev–Trinajstić information content (AvgIpc) is 2.83. The third kappa shape index (κ3) is 5.67. The molecule has 2 heterocycles. The molecule has 32 heavy (non-hydrogen) atoms. The number of benzene rings is 2. The second-order valence-corrected chi connectivity index (χ2v) is 9.13. The number of anilines is 1. The Morgan fingerprint density at radius 1 is 0.969 bits per heavy atom. The number of halogens is 2. The number of nitrogens with one attached hydrogen (secondary N) is 1. The molecule has 0 amide bonds. The summed E-state index contributed by atoms with van der Waals surface area (Å²) in [7, 11) is 0. The van der Waals surface area contributed by atoms with Crippen LogP contribution in [-0.4, -0.2) is 31.2 Å². The molecule has 1 unspecified atom stereocenters. The van der Waals surface area contributed by atoms with Crippen LogP contribution in [0.25, 0.3) is 0 Å². The maximum absolute atomic E-state index is 15.7. The molecule has 1 aliphatic rings. The molecule has 0 aliphatic carbocycles. The minimum absolute atomic E-state index is 0.242. The Bertz CT molecular complexity index is 1020. The van der Waals surface area contributed by atoms with E-state index in [4.69, 9.17) is 11.6 Å². The van der Waals surface area contributed by atoms with E-state index in [0.29, 0.717) is 12.0 Å². The zero-order valence-corrected chi connectivity index (χ0v) is 19.4. The van der Waals surface area contributed by atoms with Crippen molar-refractivity contribution in [3.05, 3.63) is 94.8 Å². The van der Waals surface area contributed by atoms with E-state index >= 15 is 4.39 Å². The van der Waals surface area contributed by atoms with Crippen LogP contribution in [0.15, 0.2) is 66.9 Å².